The van der Waals surface area contributed by atoms with Gasteiger partial charge in [-0.2, -0.15) is 5.10 Å². The summed E-state index contributed by atoms with van der Waals surface area (Å²) in [7, 11) is 2.18. The van der Waals surface area contributed by atoms with Crippen LogP contribution in [0.3, 0.4) is 0 Å². The van der Waals surface area contributed by atoms with Crippen LogP contribution >= 0.6 is 11.6 Å². The molecular weight excluding hydrogens is 432 g/mol. The maximum absolute atomic E-state index is 11.5. The fourth-order valence-corrected chi connectivity index (χ4v) is 3.86. The molecule has 1 fully saturated rings. The number of likely N-dealkylation sites (tertiary alicyclic amines) is 1. The van der Waals surface area contributed by atoms with Crippen molar-refractivity contribution in [3.63, 3.8) is 0 Å². The Hall–Kier alpha value is -3.02. The average Bonchev–Trinajstić information content (AvgIpc) is 3.39. The van der Waals surface area contributed by atoms with Crippen molar-refractivity contribution in [1.82, 2.24) is 20.1 Å². The number of halogens is 1. The van der Waals surface area contributed by atoms with Gasteiger partial charge in [0.15, 0.2) is 5.78 Å². The van der Waals surface area contributed by atoms with Crippen LogP contribution in [0.15, 0.2) is 66.9 Å². The molecule has 1 N–H and O–H groups in total. The smallest absolute Gasteiger partial charge is 0.159 e. The maximum Gasteiger partial charge on any atom is 0.159 e. The number of Topliss-reactive ketones (excluding diaryl/α,β-unsaturated/α-hetero) is 1. The lowest BCUT2D eigenvalue weighted by Crippen LogP contribution is -2.12. The first kappa shape index (κ1) is 24.6. The Balaban J connectivity index is 0.000000178. The molecule has 5 nitrogen and oxygen atoms in total. The summed E-state index contributed by atoms with van der Waals surface area (Å²) in [6.45, 7) is 8.43. The third kappa shape index (κ3) is 7.24. The molecule has 2 aromatic heterocycles. The highest BCUT2D eigenvalue weighted by atomic mass is 35.5. The minimum Gasteiger partial charge on any atom is -0.306 e. The molecule has 1 aliphatic rings. The zero-order valence-corrected chi connectivity index (χ0v) is 20.4. The third-order valence-electron chi connectivity index (χ3n) is 5.50. The van der Waals surface area contributed by atoms with E-state index in [9.17, 15) is 4.79 Å². The summed E-state index contributed by atoms with van der Waals surface area (Å²) >= 11 is 5.54. The predicted molar refractivity (Wildman–Crippen MR) is 137 cm³/mol. The number of pyridine rings is 1. The molecule has 0 spiro atoms. The maximum atomic E-state index is 11.5. The van der Waals surface area contributed by atoms with E-state index >= 15 is 0 Å². The standard InChI is InChI=1S/C15H13N3O.C6H5Cl.C6H13N/c1-9-7-12(5-6-16-9)15-13-8-11(10(2)19)3-4-14(13)17-18-15;7-6-4-2-1-3-5-6;1-6-3-4-7(2)5-6/h3-8H,1-2H3,(H,17,18);1-5H;6H,3-5H2,1-2H3. The number of hydrogen-bond donors (Lipinski definition) is 1. The molecule has 5 rings (SSSR count). The van der Waals surface area contributed by atoms with E-state index in [1.54, 1.807) is 13.1 Å². The number of carbonyl (C=O) groups is 1. The van der Waals surface area contributed by atoms with Crippen LogP contribution in [0.2, 0.25) is 5.02 Å². The molecule has 2 aromatic carbocycles. The Morgan fingerprint density at radius 3 is 2.39 bits per heavy atom. The Labute approximate surface area is 200 Å². The highest BCUT2D eigenvalue weighted by Gasteiger charge is 2.13. The lowest BCUT2D eigenvalue weighted by atomic mass is 10.0. The molecule has 33 heavy (non-hydrogen) atoms. The normalized spacial score (nSPS) is 15.4. The van der Waals surface area contributed by atoms with Crippen molar-refractivity contribution >= 4 is 28.3 Å². The molecule has 0 amide bonds. The van der Waals surface area contributed by atoms with Crippen LogP contribution in [-0.2, 0) is 0 Å². The highest BCUT2D eigenvalue weighted by Crippen LogP contribution is 2.27. The Kier molecular flexibility index (Phi) is 8.75. The van der Waals surface area contributed by atoms with E-state index in [1.165, 1.54) is 19.5 Å². The average molecular weight is 463 g/mol. The number of hydrogen-bond acceptors (Lipinski definition) is 4. The molecule has 0 saturated carbocycles. The van der Waals surface area contributed by atoms with Crippen molar-refractivity contribution in [3.8, 4) is 11.3 Å². The van der Waals surface area contributed by atoms with Gasteiger partial charge in [0.1, 0.15) is 5.69 Å². The number of ketones is 1. The van der Waals surface area contributed by atoms with Crippen LogP contribution in [0.5, 0.6) is 0 Å². The second-order valence-electron chi connectivity index (χ2n) is 8.53. The van der Waals surface area contributed by atoms with Gasteiger partial charge in [0.2, 0.25) is 0 Å². The van der Waals surface area contributed by atoms with Crippen LogP contribution in [-0.4, -0.2) is 46.0 Å². The number of fused-ring (bicyclic) bond motifs is 1. The fourth-order valence-electron chi connectivity index (χ4n) is 3.72. The van der Waals surface area contributed by atoms with Gasteiger partial charge in [0.25, 0.3) is 0 Å². The van der Waals surface area contributed by atoms with E-state index < -0.39 is 0 Å². The number of nitrogens with zero attached hydrogens (tertiary/aromatic N) is 3. The quantitative estimate of drug-likeness (QED) is 0.348. The van der Waals surface area contributed by atoms with Gasteiger partial charge in [-0.3, -0.25) is 14.9 Å². The van der Waals surface area contributed by atoms with E-state index in [0.29, 0.717) is 5.56 Å². The first-order valence-corrected chi connectivity index (χ1v) is 11.5. The molecule has 1 saturated heterocycles. The van der Waals surface area contributed by atoms with Crippen molar-refractivity contribution in [2.75, 3.05) is 20.1 Å². The minimum atomic E-state index is 0.0555. The SMILES string of the molecule is CC(=O)c1ccc2[nH]nc(-c3ccnc(C)c3)c2c1.CC1CCN(C)C1.Clc1ccccc1. The molecule has 0 bridgehead atoms. The second-order valence-corrected chi connectivity index (χ2v) is 8.96. The van der Waals surface area contributed by atoms with Crippen molar-refractivity contribution in [2.24, 2.45) is 5.92 Å². The number of benzene rings is 2. The van der Waals surface area contributed by atoms with Gasteiger partial charge in [-0.25, -0.2) is 0 Å². The molecule has 1 aliphatic heterocycles. The van der Waals surface area contributed by atoms with Crippen molar-refractivity contribution < 1.29 is 4.79 Å². The predicted octanol–water partition coefficient (Wildman–Crippen LogP) is 6.43. The summed E-state index contributed by atoms with van der Waals surface area (Å²) in [6, 6.07) is 18.9. The number of aryl methyl sites for hydroxylation is 1. The lowest BCUT2D eigenvalue weighted by molar-refractivity contribution is 0.101. The van der Waals surface area contributed by atoms with Gasteiger partial charge in [-0.1, -0.05) is 36.7 Å². The molecule has 0 aliphatic carbocycles. The number of aromatic nitrogens is 3. The Bertz CT molecular complexity index is 1180. The second kappa shape index (κ2) is 11.7. The lowest BCUT2D eigenvalue weighted by Gasteiger charge is -2.03. The van der Waals surface area contributed by atoms with E-state index in [-0.39, 0.29) is 5.78 Å². The summed E-state index contributed by atoms with van der Waals surface area (Å²) in [6.07, 6.45) is 3.16. The van der Waals surface area contributed by atoms with Gasteiger partial charge in [0.05, 0.1) is 5.52 Å². The zero-order chi connectivity index (χ0) is 23.8. The molecule has 4 aromatic rings. The largest absolute Gasteiger partial charge is 0.306 e. The summed E-state index contributed by atoms with van der Waals surface area (Å²) in [5.41, 5.74) is 4.41. The molecule has 1 unspecified atom stereocenters. The van der Waals surface area contributed by atoms with E-state index in [2.05, 4.69) is 34.1 Å². The number of nitrogens with one attached hydrogen (secondary N) is 1. The molecular formula is C27H31ClN4O. The fraction of sp³-hybridized carbons (Fsp3) is 0.296. The number of rotatable bonds is 2. The van der Waals surface area contributed by atoms with Crippen molar-refractivity contribution in [2.45, 2.75) is 27.2 Å². The van der Waals surface area contributed by atoms with E-state index in [0.717, 1.165) is 38.8 Å². The monoisotopic (exact) mass is 462 g/mol. The van der Waals surface area contributed by atoms with Crippen LogP contribution < -0.4 is 0 Å². The number of aromatic amines is 1. The van der Waals surface area contributed by atoms with Crippen molar-refractivity contribution in [1.29, 1.82) is 0 Å². The van der Waals surface area contributed by atoms with Gasteiger partial charge in [-0.15, -0.1) is 0 Å². The third-order valence-corrected chi connectivity index (χ3v) is 5.75. The van der Waals surface area contributed by atoms with Gasteiger partial charge < -0.3 is 4.90 Å². The first-order chi connectivity index (χ1) is 15.8. The molecule has 1 atom stereocenters. The number of carbonyl (C=O) groups excluding carboxylic acids is 1. The summed E-state index contributed by atoms with van der Waals surface area (Å²) < 4.78 is 0. The molecule has 0 radical (unpaired) electrons. The van der Waals surface area contributed by atoms with E-state index in [1.807, 2.05) is 67.6 Å². The van der Waals surface area contributed by atoms with Crippen LogP contribution in [0.4, 0.5) is 0 Å². The first-order valence-electron chi connectivity index (χ1n) is 11.1. The van der Waals surface area contributed by atoms with E-state index in [4.69, 9.17) is 11.6 Å². The van der Waals surface area contributed by atoms with Crippen LogP contribution in [0, 0.1) is 12.8 Å². The van der Waals surface area contributed by atoms with Gasteiger partial charge >= 0.3 is 0 Å². The minimum absolute atomic E-state index is 0.0555. The Morgan fingerprint density at radius 2 is 1.88 bits per heavy atom. The number of H-pyrrole nitrogens is 1. The topological polar surface area (TPSA) is 61.9 Å². The van der Waals surface area contributed by atoms with Gasteiger partial charge in [0, 0.05) is 40.0 Å². The molecule has 3 heterocycles. The zero-order valence-electron chi connectivity index (χ0n) is 19.7. The Morgan fingerprint density at radius 1 is 1.12 bits per heavy atom. The molecule has 172 valence electrons. The van der Waals surface area contributed by atoms with Crippen LogP contribution in [0.25, 0.3) is 22.2 Å². The van der Waals surface area contributed by atoms with Gasteiger partial charge in [-0.05, 0) is 82.2 Å². The highest BCUT2D eigenvalue weighted by molar-refractivity contribution is 6.30. The van der Waals surface area contributed by atoms with Crippen molar-refractivity contribution in [3.05, 3.63) is 83.1 Å². The summed E-state index contributed by atoms with van der Waals surface area (Å²) in [4.78, 5) is 18.0. The van der Waals surface area contributed by atoms with Crippen LogP contribution in [0.1, 0.15) is 36.3 Å². The molecule has 6 heteroatoms. The summed E-state index contributed by atoms with van der Waals surface area (Å²) in [5, 5.41) is 9.08. The summed E-state index contributed by atoms with van der Waals surface area (Å²) in [5.74, 6) is 1.00.